The maximum absolute atomic E-state index is 13.0. The molecular formula is C13H7Cl2FO2. The lowest BCUT2D eigenvalue weighted by molar-refractivity contribution is -0.107. The van der Waals surface area contributed by atoms with E-state index in [1.54, 1.807) is 18.2 Å². The summed E-state index contributed by atoms with van der Waals surface area (Å²) < 4.78 is 18.4. The normalized spacial score (nSPS) is 11.1. The van der Waals surface area contributed by atoms with Crippen LogP contribution >= 0.6 is 23.2 Å². The van der Waals surface area contributed by atoms with Crippen molar-refractivity contribution in [3.05, 3.63) is 53.0 Å². The summed E-state index contributed by atoms with van der Waals surface area (Å²) in [7, 11) is 0. The van der Waals surface area contributed by atoms with E-state index in [0.29, 0.717) is 17.1 Å². The Kier molecular flexibility index (Phi) is 3.84. The molecule has 18 heavy (non-hydrogen) atoms. The smallest absolute Gasteiger partial charge is 0.245 e. The van der Waals surface area contributed by atoms with E-state index in [9.17, 15) is 9.18 Å². The molecule has 1 heterocycles. The van der Waals surface area contributed by atoms with Gasteiger partial charge in [0.15, 0.2) is 0 Å². The molecule has 0 aliphatic carbocycles. The van der Waals surface area contributed by atoms with E-state index in [4.69, 9.17) is 27.6 Å². The van der Waals surface area contributed by atoms with Crippen LogP contribution in [0.2, 0.25) is 5.02 Å². The topological polar surface area (TPSA) is 30.2 Å². The zero-order chi connectivity index (χ0) is 13.1. The summed E-state index contributed by atoms with van der Waals surface area (Å²) in [5.74, 6) is 0.512. The van der Waals surface area contributed by atoms with Crippen molar-refractivity contribution in [2.45, 2.75) is 0 Å². The molecule has 0 spiro atoms. The number of carbonyl (C=O) groups is 1. The van der Waals surface area contributed by atoms with Crippen molar-refractivity contribution >= 4 is 34.5 Å². The highest BCUT2D eigenvalue weighted by Crippen LogP contribution is 2.26. The molecule has 0 saturated heterocycles. The SMILES string of the molecule is O=C(Cl)C=Cc1ccc(-c2ccc(F)c(Cl)c2)o1. The number of rotatable bonds is 3. The molecule has 0 aliphatic rings. The maximum atomic E-state index is 13.0. The number of hydrogen-bond acceptors (Lipinski definition) is 2. The average molecular weight is 285 g/mol. The van der Waals surface area contributed by atoms with Gasteiger partial charge in [0.2, 0.25) is 5.24 Å². The fourth-order valence-electron chi connectivity index (χ4n) is 1.39. The Morgan fingerprint density at radius 3 is 2.72 bits per heavy atom. The number of hydrogen-bond donors (Lipinski definition) is 0. The van der Waals surface area contributed by atoms with Gasteiger partial charge in [0.25, 0.3) is 0 Å². The van der Waals surface area contributed by atoms with Crippen LogP contribution in [0.25, 0.3) is 17.4 Å². The first-order chi connectivity index (χ1) is 8.56. The van der Waals surface area contributed by atoms with Gasteiger partial charge in [-0.2, -0.15) is 0 Å². The molecule has 2 nitrogen and oxygen atoms in total. The second kappa shape index (κ2) is 5.38. The molecule has 5 heteroatoms. The van der Waals surface area contributed by atoms with Crippen LogP contribution in [0.5, 0.6) is 0 Å². The van der Waals surface area contributed by atoms with Crippen LogP contribution in [0.15, 0.2) is 40.8 Å². The molecule has 0 aliphatic heterocycles. The van der Waals surface area contributed by atoms with Crippen LogP contribution in [0.1, 0.15) is 5.76 Å². The number of allylic oxidation sites excluding steroid dienone is 1. The second-order valence-electron chi connectivity index (χ2n) is 3.47. The molecule has 0 fully saturated rings. The monoisotopic (exact) mass is 284 g/mol. The first-order valence-electron chi connectivity index (χ1n) is 4.99. The minimum absolute atomic E-state index is 0.0249. The highest BCUT2D eigenvalue weighted by molar-refractivity contribution is 6.66. The number of carbonyl (C=O) groups excluding carboxylic acids is 1. The predicted octanol–water partition coefficient (Wildman–Crippen LogP) is 4.52. The minimum atomic E-state index is -0.585. The van der Waals surface area contributed by atoms with E-state index in [2.05, 4.69) is 0 Å². The zero-order valence-electron chi connectivity index (χ0n) is 8.99. The lowest BCUT2D eigenvalue weighted by Crippen LogP contribution is -1.78. The highest BCUT2D eigenvalue weighted by atomic mass is 35.5. The molecule has 0 bridgehead atoms. The fourth-order valence-corrected chi connectivity index (χ4v) is 1.64. The van der Waals surface area contributed by atoms with Gasteiger partial charge in [-0.05, 0) is 48.0 Å². The van der Waals surface area contributed by atoms with Crippen LogP contribution in [-0.2, 0) is 4.79 Å². The summed E-state index contributed by atoms with van der Waals surface area (Å²) in [6.07, 6.45) is 2.63. The summed E-state index contributed by atoms with van der Waals surface area (Å²) in [6.45, 7) is 0. The summed E-state index contributed by atoms with van der Waals surface area (Å²) in [5.41, 5.74) is 0.651. The number of halogens is 3. The molecule has 0 radical (unpaired) electrons. The van der Waals surface area contributed by atoms with Gasteiger partial charge in [-0.15, -0.1) is 0 Å². The summed E-state index contributed by atoms with van der Waals surface area (Å²) in [4.78, 5) is 10.6. The Hall–Kier alpha value is -1.58. The van der Waals surface area contributed by atoms with Gasteiger partial charge in [0, 0.05) is 11.6 Å². The van der Waals surface area contributed by atoms with E-state index in [-0.39, 0.29) is 5.02 Å². The molecule has 0 saturated carbocycles. The third kappa shape index (κ3) is 3.00. The van der Waals surface area contributed by atoms with Gasteiger partial charge in [0.1, 0.15) is 17.3 Å². The Labute approximate surface area is 113 Å². The van der Waals surface area contributed by atoms with Crippen molar-refractivity contribution in [3.63, 3.8) is 0 Å². The lowest BCUT2D eigenvalue weighted by atomic mass is 10.2. The second-order valence-corrected chi connectivity index (χ2v) is 4.25. The quantitative estimate of drug-likeness (QED) is 0.613. The molecule has 92 valence electrons. The maximum Gasteiger partial charge on any atom is 0.245 e. The van der Waals surface area contributed by atoms with Crippen molar-refractivity contribution in [1.82, 2.24) is 0 Å². The fraction of sp³-hybridized carbons (Fsp3) is 0. The van der Waals surface area contributed by atoms with Gasteiger partial charge < -0.3 is 4.42 Å². The molecule has 0 N–H and O–H groups in total. The van der Waals surface area contributed by atoms with E-state index >= 15 is 0 Å². The molecule has 0 amide bonds. The van der Waals surface area contributed by atoms with Gasteiger partial charge >= 0.3 is 0 Å². The molecule has 2 aromatic rings. The van der Waals surface area contributed by atoms with E-state index < -0.39 is 11.1 Å². The Bertz CT molecular complexity index is 617. The third-order valence-corrected chi connectivity index (χ3v) is 2.63. The predicted molar refractivity (Wildman–Crippen MR) is 69.0 cm³/mol. The van der Waals surface area contributed by atoms with E-state index in [1.807, 2.05) is 0 Å². The third-order valence-electron chi connectivity index (χ3n) is 2.21. The largest absolute Gasteiger partial charge is 0.457 e. The molecule has 1 aromatic heterocycles. The van der Waals surface area contributed by atoms with Crippen LogP contribution in [0, 0.1) is 5.82 Å². The van der Waals surface area contributed by atoms with Crippen molar-refractivity contribution in [1.29, 1.82) is 0 Å². The Balaban J connectivity index is 2.29. The van der Waals surface area contributed by atoms with Crippen LogP contribution in [-0.4, -0.2) is 5.24 Å². The highest BCUT2D eigenvalue weighted by Gasteiger charge is 2.06. The van der Waals surface area contributed by atoms with Crippen LogP contribution in [0.3, 0.4) is 0 Å². The first kappa shape index (κ1) is 12.9. The van der Waals surface area contributed by atoms with Crippen molar-refractivity contribution < 1.29 is 13.6 Å². The summed E-state index contributed by atoms with van der Waals surface area (Å²) >= 11 is 10.8. The van der Waals surface area contributed by atoms with E-state index in [1.165, 1.54) is 24.3 Å². The Morgan fingerprint density at radius 2 is 2.06 bits per heavy atom. The standard InChI is InChI=1S/C13H7Cl2FO2/c14-10-7-8(1-4-11(10)16)12-5-2-9(18-12)3-6-13(15)17/h1-7H. The molecule has 0 unspecified atom stereocenters. The summed E-state index contributed by atoms with van der Waals surface area (Å²) in [5, 5.41) is -0.560. The van der Waals surface area contributed by atoms with Gasteiger partial charge in [-0.3, -0.25) is 4.79 Å². The average Bonchev–Trinajstić information content (AvgIpc) is 2.79. The summed E-state index contributed by atoms with van der Waals surface area (Å²) in [6, 6.07) is 7.65. The first-order valence-corrected chi connectivity index (χ1v) is 5.74. The lowest BCUT2D eigenvalue weighted by Gasteiger charge is -1.98. The molecular weight excluding hydrogens is 278 g/mol. The number of benzene rings is 1. The van der Waals surface area contributed by atoms with Crippen molar-refractivity contribution in [3.8, 4) is 11.3 Å². The van der Waals surface area contributed by atoms with Crippen LogP contribution < -0.4 is 0 Å². The Morgan fingerprint density at radius 1 is 1.28 bits per heavy atom. The molecule has 2 rings (SSSR count). The van der Waals surface area contributed by atoms with Crippen LogP contribution in [0.4, 0.5) is 4.39 Å². The van der Waals surface area contributed by atoms with Crippen molar-refractivity contribution in [2.75, 3.05) is 0 Å². The van der Waals surface area contributed by atoms with Crippen molar-refractivity contribution in [2.24, 2.45) is 0 Å². The minimum Gasteiger partial charge on any atom is -0.457 e. The number of furan rings is 1. The van der Waals surface area contributed by atoms with E-state index in [0.717, 1.165) is 0 Å². The zero-order valence-corrected chi connectivity index (χ0v) is 10.5. The van der Waals surface area contributed by atoms with Gasteiger partial charge in [-0.1, -0.05) is 11.6 Å². The molecule has 0 atom stereocenters. The molecule has 1 aromatic carbocycles. The van der Waals surface area contributed by atoms with Gasteiger partial charge in [-0.25, -0.2) is 4.39 Å². The van der Waals surface area contributed by atoms with Gasteiger partial charge in [0.05, 0.1) is 5.02 Å².